The predicted molar refractivity (Wildman–Crippen MR) is 52.4 cm³/mol. The molecule has 13 heavy (non-hydrogen) atoms. The van der Waals surface area contributed by atoms with Gasteiger partial charge in [0.2, 0.25) is 0 Å². The minimum Gasteiger partial charge on any atom is -0.335 e. The smallest absolute Gasteiger partial charge is 0.315 e. The second kappa shape index (κ2) is 3.96. The summed E-state index contributed by atoms with van der Waals surface area (Å²) in [7, 11) is 0. The number of carbonyl (C=O) groups excluding carboxylic acids is 1. The highest BCUT2D eigenvalue weighted by Crippen LogP contribution is 2.18. The Balaban J connectivity index is 2.23. The van der Waals surface area contributed by atoms with Crippen LogP contribution in [0.4, 0.5) is 4.79 Å². The lowest BCUT2D eigenvalue weighted by atomic mass is 10.0. The number of nitrogens with two attached hydrogens (primary N) is 1. The zero-order valence-corrected chi connectivity index (χ0v) is 8.39. The van der Waals surface area contributed by atoms with Gasteiger partial charge in [0.1, 0.15) is 0 Å². The highest BCUT2D eigenvalue weighted by molar-refractivity contribution is 5.75. The fourth-order valence-electron chi connectivity index (χ4n) is 1.18. The summed E-state index contributed by atoms with van der Waals surface area (Å²) in [4.78, 5) is 11.3. The van der Waals surface area contributed by atoms with Crippen molar-refractivity contribution in [3.8, 4) is 0 Å². The minimum atomic E-state index is -0.201. The van der Waals surface area contributed by atoms with Crippen molar-refractivity contribution in [2.45, 2.75) is 44.7 Å². The first-order valence-electron chi connectivity index (χ1n) is 4.82. The van der Waals surface area contributed by atoms with Crippen LogP contribution in [-0.2, 0) is 0 Å². The molecule has 1 aliphatic rings. The summed E-state index contributed by atoms with van der Waals surface area (Å²) in [6.07, 6.45) is 3.03. The van der Waals surface area contributed by atoms with Crippen LogP contribution in [0.15, 0.2) is 0 Å². The lowest BCUT2D eigenvalue weighted by Gasteiger charge is -2.25. The molecule has 0 aliphatic heterocycles. The van der Waals surface area contributed by atoms with Crippen molar-refractivity contribution in [3.05, 3.63) is 0 Å². The molecule has 0 unspecified atom stereocenters. The summed E-state index contributed by atoms with van der Waals surface area (Å²) in [6.45, 7) is 4.55. The topological polar surface area (TPSA) is 67.1 Å². The quantitative estimate of drug-likeness (QED) is 0.599. The molecular weight excluding hydrogens is 166 g/mol. The standard InChI is InChI=1S/C9H19N3O/c1-9(2,5-6-10)12-8(13)11-7-3-4-7/h7H,3-6,10H2,1-2H3,(H2,11,12,13). The highest BCUT2D eigenvalue weighted by Gasteiger charge is 2.26. The van der Waals surface area contributed by atoms with E-state index in [0.29, 0.717) is 12.6 Å². The fourth-order valence-corrected chi connectivity index (χ4v) is 1.18. The fraction of sp³-hybridized carbons (Fsp3) is 0.889. The Hall–Kier alpha value is -0.770. The van der Waals surface area contributed by atoms with E-state index in [-0.39, 0.29) is 11.6 Å². The van der Waals surface area contributed by atoms with Crippen LogP contribution in [0.3, 0.4) is 0 Å². The van der Waals surface area contributed by atoms with Crippen molar-refractivity contribution in [1.82, 2.24) is 10.6 Å². The van der Waals surface area contributed by atoms with Gasteiger partial charge in [-0.2, -0.15) is 0 Å². The molecule has 0 spiro atoms. The molecule has 1 fully saturated rings. The zero-order valence-electron chi connectivity index (χ0n) is 8.39. The average Bonchev–Trinajstić information content (AvgIpc) is 2.68. The van der Waals surface area contributed by atoms with Gasteiger partial charge in [0, 0.05) is 11.6 Å². The lowest BCUT2D eigenvalue weighted by molar-refractivity contribution is 0.228. The molecular formula is C9H19N3O. The summed E-state index contributed by atoms with van der Waals surface area (Å²) >= 11 is 0. The molecule has 0 aromatic heterocycles. The van der Waals surface area contributed by atoms with E-state index < -0.39 is 0 Å². The van der Waals surface area contributed by atoms with Gasteiger partial charge in [-0.25, -0.2) is 4.79 Å². The van der Waals surface area contributed by atoms with E-state index in [1.54, 1.807) is 0 Å². The van der Waals surface area contributed by atoms with Crippen molar-refractivity contribution < 1.29 is 4.79 Å². The SMILES string of the molecule is CC(C)(CCN)NC(=O)NC1CC1. The van der Waals surface area contributed by atoms with Crippen LogP contribution in [0.1, 0.15) is 33.1 Å². The average molecular weight is 185 g/mol. The zero-order chi connectivity index (χ0) is 9.90. The van der Waals surface area contributed by atoms with E-state index >= 15 is 0 Å². The van der Waals surface area contributed by atoms with Gasteiger partial charge in [-0.15, -0.1) is 0 Å². The Morgan fingerprint density at radius 3 is 2.62 bits per heavy atom. The summed E-state index contributed by atoms with van der Waals surface area (Å²) in [6, 6.07) is 0.342. The second-order valence-electron chi connectivity index (χ2n) is 4.30. The van der Waals surface area contributed by atoms with Crippen molar-refractivity contribution in [1.29, 1.82) is 0 Å². The molecule has 4 N–H and O–H groups in total. The van der Waals surface area contributed by atoms with Crippen molar-refractivity contribution in [2.24, 2.45) is 5.73 Å². The van der Waals surface area contributed by atoms with E-state index in [0.717, 1.165) is 19.3 Å². The maximum Gasteiger partial charge on any atom is 0.315 e. The van der Waals surface area contributed by atoms with Crippen LogP contribution in [0.25, 0.3) is 0 Å². The predicted octanol–water partition coefficient (Wildman–Crippen LogP) is 0.575. The monoisotopic (exact) mass is 185 g/mol. The highest BCUT2D eigenvalue weighted by atomic mass is 16.2. The summed E-state index contributed by atoms with van der Waals surface area (Å²) < 4.78 is 0. The van der Waals surface area contributed by atoms with Crippen LogP contribution in [0, 0.1) is 0 Å². The number of amides is 2. The molecule has 0 saturated heterocycles. The van der Waals surface area contributed by atoms with E-state index in [1.165, 1.54) is 0 Å². The summed E-state index contributed by atoms with van der Waals surface area (Å²) in [5.41, 5.74) is 5.23. The molecule has 0 bridgehead atoms. The number of urea groups is 1. The molecule has 1 saturated carbocycles. The molecule has 0 aromatic rings. The van der Waals surface area contributed by atoms with Crippen molar-refractivity contribution in [3.63, 3.8) is 0 Å². The molecule has 4 heteroatoms. The minimum absolute atomic E-state index is 0.0686. The third-order valence-electron chi connectivity index (χ3n) is 2.13. The lowest BCUT2D eigenvalue weighted by Crippen LogP contribution is -2.49. The van der Waals surface area contributed by atoms with E-state index in [1.807, 2.05) is 13.8 Å². The largest absolute Gasteiger partial charge is 0.335 e. The van der Waals surface area contributed by atoms with E-state index in [4.69, 9.17) is 5.73 Å². The van der Waals surface area contributed by atoms with Crippen LogP contribution < -0.4 is 16.4 Å². The Morgan fingerprint density at radius 2 is 2.15 bits per heavy atom. The Kier molecular flexibility index (Phi) is 3.14. The van der Waals surface area contributed by atoms with Gasteiger partial charge < -0.3 is 16.4 Å². The third kappa shape index (κ3) is 4.12. The maximum absolute atomic E-state index is 11.3. The van der Waals surface area contributed by atoms with Gasteiger partial charge in [-0.05, 0) is 39.7 Å². The third-order valence-corrected chi connectivity index (χ3v) is 2.13. The van der Waals surface area contributed by atoms with Gasteiger partial charge in [0.05, 0.1) is 0 Å². The maximum atomic E-state index is 11.3. The molecule has 2 amide bonds. The molecule has 0 radical (unpaired) electrons. The Labute approximate surface area is 79.3 Å². The number of rotatable bonds is 4. The van der Waals surface area contributed by atoms with Gasteiger partial charge in [-0.1, -0.05) is 0 Å². The number of hydrogen-bond donors (Lipinski definition) is 3. The van der Waals surface area contributed by atoms with Gasteiger partial charge in [0.25, 0.3) is 0 Å². The Morgan fingerprint density at radius 1 is 1.54 bits per heavy atom. The number of hydrogen-bond acceptors (Lipinski definition) is 2. The van der Waals surface area contributed by atoms with Gasteiger partial charge in [-0.3, -0.25) is 0 Å². The molecule has 4 nitrogen and oxygen atoms in total. The molecule has 76 valence electrons. The van der Waals surface area contributed by atoms with Crippen LogP contribution >= 0.6 is 0 Å². The number of carbonyl (C=O) groups is 1. The summed E-state index contributed by atoms with van der Waals surface area (Å²) in [5, 5.41) is 5.78. The van der Waals surface area contributed by atoms with E-state index in [9.17, 15) is 4.79 Å². The van der Waals surface area contributed by atoms with Crippen LogP contribution in [-0.4, -0.2) is 24.2 Å². The molecule has 1 aliphatic carbocycles. The Bertz CT molecular complexity index is 187. The van der Waals surface area contributed by atoms with Crippen LogP contribution in [0.5, 0.6) is 0 Å². The van der Waals surface area contributed by atoms with Crippen molar-refractivity contribution >= 4 is 6.03 Å². The molecule has 1 rings (SSSR count). The van der Waals surface area contributed by atoms with Gasteiger partial charge >= 0.3 is 6.03 Å². The van der Waals surface area contributed by atoms with Gasteiger partial charge in [0.15, 0.2) is 0 Å². The first-order valence-corrected chi connectivity index (χ1v) is 4.82. The first-order chi connectivity index (χ1) is 6.03. The molecule has 0 atom stereocenters. The van der Waals surface area contributed by atoms with Crippen LogP contribution in [0.2, 0.25) is 0 Å². The van der Waals surface area contributed by atoms with E-state index in [2.05, 4.69) is 10.6 Å². The molecule has 0 heterocycles. The molecule has 0 aromatic carbocycles. The van der Waals surface area contributed by atoms with Crippen molar-refractivity contribution in [2.75, 3.05) is 6.54 Å². The normalized spacial score (nSPS) is 16.8. The summed E-state index contributed by atoms with van der Waals surface area (Å²) in [5.74, 6) is 0. The second-order valence-corrected chi connectivity index (χ2v) is 4.30. The first kappa shape index (κ1) is 10.3. The number of nitrogens with one attached hydrogen (secondary N) is 2.